The van der Waals surface area contributed by atoms with Crippen LogP contribution in [0.25, 0.3) is 0 Å². The largest absolute Gasteiger partial charge is 0.299 e. The minimum absolute atomic E-state index is 0.641. The maximum Gasteiger partial charge on any atom is 0.142 e. The van der Waals surface area contributed by atoms with Gasteiger partial charge < -0.3 is 0 Å². The number of rotatable bonds is 5. The van der Waals surface area contributed by atoms with Crippen LogP contribution in [-0.4, -0.2) is 6.29 Å². The molecule has 62 valence electrons. The smallest absolute Gasteiger partial charge is 0.142 e. The van der Waals surface area contributed by atoms with E-state index >= 15 is 0 Å². The summed E-state index contributed by atoms with van der Waals surface area (Å²) in [6.07, 6.45) is 10.6. The predicted molar refractivity (Wildman–Crippen MR) is 48.4 cm³/mol. The van der Waals surface area contributed by atoms with E-state index in [1.165, 1.54) is 0 Å². The maximum absolute atomic E-state index is 9.90. The summed E-state index contributed by atoms with van der Waals surface area (Å²) in [5.41, 5.74) is 0. The van der Waals surface area contributed by atoms with E-state index in [1.54, 1.807) is 6.08 Å². The van der Waals surface area contributed by atoms with Crippen molar-refractivity contribution in [1.29, 1.82) is 0 Å². The van der Waals surface area contributed by atoms with E-state index in [-0.39, 0.29) is 0 Å². The van der Waals surface area contributed by atoms with Crippen molar-refractivity contribution in [2.45, 2.75) is 26.7 Å². The van der Waals surface area contributed by atoms with Gasteiger partial charge in [0.15, 0.2) is 0 Å². The zero-order valence-corrected chi connectivity index (χ0v) is 7.29. The zero-order chi connectivity index (χ0) is 8.53. The van der Waals surface area contributed by atoms with Gasteiger partial charge in [0.1, 0.15) is 6.29 Å². The third kappa shape index (κ3) is 7.04. The van der Waals surface area contributed by atoms with Crippen molar-refractivity contribution in [2.75, 3.05) is 0 Å². The zero-order valence-electron chi connectivity index (χ0n) is 7.29. The highest BCUT2D eigenvalue weighted by Crippen LogP contribution is 2.08. The third-order valence-electron chi connectivity index (χ3n) is 1.53. The SMILES string of the molecule is C/C=C\CC(C)C/C=C/C=O. The van der Waals surface area contributed by atoms with Crippen LogP contribution < -0.4 is 0 Å². The van der Waals surface area contributed by atoms with Crippen LogP contribution >= 0.6 is 0 Å². The van der Waals surface area contributed by atoms with Gasteiger partial charge in [-0.2, -0.15) is 0 Å². The van der Waals surface area contributed by atoms with Crippen molar-refractivity contribution in [3.8, 4) is 0 Å². The first-order valence-corrected chi connectivity index (χ1v) is 4.02. The summed E-state index contributed by atoms with van der Waals surface area (Å²) in [4.78, 5) is 9.90. The van der Waals surface area contributed by atoms with Crippen LogP contribution in [0.1, 0.15) is 26.7 Å². The average molecular weight is 152 g/mol. The molecule has 1 atom stereocenters. The van der Waals surface area contributed by atoms with E-state index in [9.17, 15) is 4.79 Å². The molecule has 0 aliphatic heterocycles. The number of hydrogen-bond donors (Lipinski definition) is 0. The van der Waals surface area contributed by atoms with E-state index in [0.717, 1.165) is 19.1 Å². The molecule has 0 aliphatic rings. The number of hydrogen-bond acceptors (Lipinski definition) is 1. The molecular formula is C10H16O. The lowest BCUT2D eigenvalue weighted by Crippen LogP contribution is -1.88. The Morgan fingerprint density at radius 3 is 2.45 bits per heavy atom. The molecule has 0 aromatic rings. The van der Waals surface area contributed by atoms with Gasteiger partial charge >= 0.3 is 0 Å². The summed E-state index contributed by atoms with van der Waals surface area (Å²) in [7, 11) is 0. The van der Waals surface area contributed by atoms with Crippen LogP contribution in [0.2, 0.25) is 0 Å². The second-order valence-electron chi connectivity index (χ2n) is 2.71. The summed E-state index contributed by atoms with van der Waals surface area (Å²) in [5.74, 6) is 0.641. The molecule has 0 aliphatic carbocycles. The van der Waals surface area contributed by atoms with Gasteiger partial charge in [-0.25, -0.2) is 0 Å². The van der Waals surface area contributed by atoms with Gasteiger partial charge in [0, 0.05) is 0 Å². The molecule has 0 rings (SSSR count). The highest BCUT2D eigenvalue weighted by Gasteiger charge is 1.94. The molecule has 0 radical (unpaired) electrons. The molecule has 0 N–H and O–H groups in total. The Morgan fingerprint density at radius 2 is 1.91 bits per heavy atom. The highest BCUT2D eigenvalue weighted by molar-refractivity contribution is 5.64. The van der Waals surface area contributed by atoms with E-state index in [4.69, 9.17) is 0 Å². The van der Waals surface area contributed by atoms with Crippen molar-refractivity contribution >= 4 is 6.29 Å². The first-order valence-electron chi connectivity index (χ1n) is 4.02. The lowest BCUT2D eigenvalue weighted by molar-refractivity contribution is -0.104. The van der Waals surface area contributed by atoms with Crippen molar-refractivity contribution in [3.05, 3.63) is 24.3 Å². The van der Waals surface area contributed by atoms with Crippen molar-refractivity contribution in [2.24, 2.45) is 5.92 Å². The molecule has 0 saturated heterocycles. The van der Waals surface area contributed by atoms with E-state index in [1.807, 2.05) is 13.0 Å². The summed E-state index contributed by atoms with van der Waals surface area (Å²) < 4.78 is 0. The fourth-order valence-electron chi connectivity index (χ4n) is 0.831. The molecule has 0 aromatic carbocycles. The third-order valence-corrected chi connectivity index (χ3v) is 1.53. The quantitative estimate of drug-likeness (QED) is 0.336. The summed E-state index contributed by atoms with van der Waals surface area (Å²) in [6, 6.07) is 0. The van der Waals surface area contributed by atoms with Crippen molar-refractivity contribution in [3.63, 3.8) is 0 Å². The first-order chi connectivity index (χ1) is 5.31. The molecule has 1 unspecified atom stereocenters. The predicted octanol–water partition coefficient (Wildman–Crippen LogP) is 2.73. The second-order valence-corrected chi connectivity index (χ2v) is 2.71. The van der Waals surface area contributed by atoms with E-state index < -0.39 is 0 Å². The Bertz CT molecular complexity index is 145. The minimum Gasteiger partial charge on any atom is -0.299 e. The van der Waals surface area contributed by atoms with Crippen molar-refractivity contribution < 1.29 is 4.79 Å². The molecule has 0 amide bonds. The highest BCUT2D eigenvalue weighted by atomic mass is 16.1. The van der Waals surface area contributed by atoms with Gasteiger partial charge in [0.2, 0.25) is 0 Å². The van der Waals surface area contributed by atoms with Crippen LogP contribution in [0.15, 0.2) is 24.3 Å². The van der Waals surface area contributed by atoms with Crippen molar-refractivity contribution in [1.82, 2.24) is 0 Å². The molecule has 0 heterocycles. The standard InChI is InChI=1S/C10H16O/c1-3-4-7-10(2)8-5-6-9-11/h3-6,9-10H,7-8H2,1-2H3/b4-3-,6-5+. The molecular weight excluding hydrogens is 136 g/mol. The molecule has 0 bridgehead atoms. The first kappa shape index (κ1) is 10.2. The van der Waals surface area contributed by atoms with Gasteiger partial charge in [0.05, 0.1) is 0 Å². The van der Waals surface area contributed by atoms with Crippen LogP contribution in [0.4, 0.5) is 0 Å². The Hall–Kier alpha value is -0.850. The molecule has 11 heavy (non-hydrogen) atoms. The van der Waals surface area contributed by atoms with Crippen LogP contribution in [0, 0.1) is 5.92 Å². The number of aldehydes is 1. The molecule has 1 heteroatoms. The Labute approximate surface area is 68.8 Å². The van der Waals surface area contributed by atoms with E-state index in [2.05, 4.69) is 19.1 Å². The number of carbonyl (C=O) groups excluding carboxylic acids is 1. The summed E-state index contributed by atoms with van der Waals surface area (Å²) in [6.45, 7) is 4.20. The summed E-state index contributed by atoms with van der Waals surface area (Å²) in [5, 5.41) is 0. The fourth-order valence-corrected chi connectivity index (χ4v) is 0.831. The summed E-state index contributed by atoms with van der Waals surface area (Å²) >= 11 is 0. The lowest BCUT2D eigenvalue weighted by atomic mass is 10.0. The average Bonchev–Trinajstić information content (AvgIpc) is 2.01. The van der Waals surface area contributed by atoms with Gasteiger partial charge in [-0.15, -0.1) is 0 Å². The van der Waals surface area contributed by atoms with Gasteiger partial charge in [-0.1, -0.05) is 25.2 Å². The minimum atomic E-state index is 0.641. The normalized spacial score (nSPS) is 14.4. The molecule has 0 saturated carbocycles. The monoisotopic (exact) mass is 152 g/mol. The van der Waals surface area contributed by atoms with Gasteiger partial charge in [-0.05, 0) is 31.8 Å². The Balaban J connectivity index is 3.43. The van der Waals surface area contributed by atoms with Gasteiger partial charge in [0.25, 0.3) is 0 Å². The number of carbonyl (C=O) groups is 1. The molecule has 0 spiro atoms. The van der Waals surface area contributed by atoms with Crippen LogP contribution in [0.5, 0.6) is 0 Å². The fraction of sp³-hybridized carbons (Fsp3) is 0.500. The Kier molecular flexibility index (Phi) is 6.70. The maximum atomic E-state index is 9.90. The molecule has 0 fully saturated rings. The number of allylic oxidation sites excluding steroid dienone is 4. The Morgan fingerprint density at radius 1 is 1.27 bits per heavy atom. The lowest BCUT2D eigenvalue weighted by Gasteiger charge is -2.02. The van der Waals surface area contributed by atoms with Crippen LogP contribution in [-0.2, 0) is 4.79 Å². The molecule has 0 aromatic heterocycles. The van der Waals surface area contributed by atoms with Gasteiger partial charge in [-0.3, -0.25) is 4.79 Å². The topological polar surface area (TPSA) is 17.1 Å². The van der Waals surface area contributed by atoms with E-state index in [0.29, 0.717) is 5.92 Å². The second kappa shape index (κ2) is 7.26. The van der Waals surface area contributed by atoms with Crippen LogP contribution in [0.3, 0.4) is 0 Å². The molecule has 1 nitrogen and oxygen atoms in total.